The van der Waals surface area contributed by atoms with E-state index in [1.807, 2.05) is 54.1 Å². The number of rotatable bonds is 8. The number of nitrogens with one attached hydrogen (secondary N) is 1. The van der Waals surface area contributed by atoms with Crippen LogP contribution in [0, 0.1) is 12.7 Å². The van der Waals surface area contributed by atoms with E-state index in [0.717, 1.165) is 53.3 Å². The molecule has 0 unspecified atom stereocenters. The van der Waals surface area contributed by atoms with Crippen molar-refractivity contribution in [3.8, 4) is 0 Å². The van der Waals surface area contributed by atoms with Gasteiger partial charge < -0.3 is 4.98 Å². The van der Waals surface area contributed by atoms with Gasteiger partial charge in [-0.3, -0.25) is 9.69 Å². The van der Waals surface area contributed by atoms with Crippen LogP contribution in [0.15, 0.2) is 83.7 Å². The number of halogens is 1. The van der Waals surface area contributed by atoms with E-state index in [1.54, 1.807) is 12.1 Å². The summed E-state index contributed by atoms with van der Waals surface area (Å²) in [6.45, 7) is 3.02. The van der Waals surface area contributed by atoms with Gasteiger partial charge in [-0.15, -0.1) is 5.10 Å². The second-order valence-corrected chi connectivity index (χ2v) is 10.8. The fourth-order valence-electron chi connectivity index (χ4n) is 5.95. The Bertz CT molecular complexity index is 1640. The molecule has 7 nitrogen and oxygen atoms in total. The van der Waals surface area contributed by atoms with E-state index in [2.05, 4.69) is 37.5 Å². The van der Waals surface area contributed by atoms with Crippen molar-refractivity contribution >= 4 is 10.9 Å². The molecule has 0 saturated heterocycles. The quantitative estimate of drug-likeness (QED) is 0.253. The lowest BCUT2D eigenvalue weighted by atomic mass is 9.94. The third kappa shape index (κ3) is 5.45. The minimum Gasteiger partial charge on any atom is -0.321 e. The van der Waals surface area contributed by atoms with Crippen molar-refractivity contribution in [3.05, 3.63) is 123 Å². The first-order valence-electron chi connectivity index (χ1n) is 14.0. The zero-order chi connectivity index (χ0) is 27.5. The van der Waals surface area contributed by atoms with Crippen LogP contribution in [0.4, 0.5) is 4.39 Å². The van der Waals surface area contributed by atoms with Gasteiger partial charge in [0.25, 0.3) is 5.56 Å². The highest BCUT2D eigenvalue weighted by Crippen LogP contribution is 2.34. The van der Waals surface area contributed by atoms with E-state index >= 15 is 0 Å². The molecule has 2 heterocycles. The number of fused-ring (bicyclic) bond motifs is 1. The topological polar surface area (TPSA) is 79.7 Å². The van der Waals surface area contributed by atoms with Gasteiger partial charge in [-0.1, -0.05) is 79.9 Å². The standard InChI is InChI=1S/C32H33FN6O/c1-22-9-8-12-25-19-28(32(40)34-29(22)25)30(31-35-36-37-39(31)27-13-6-3-7-14-27)38(20-23-10-4-2-5-11-23)21-24-15-17-26(33)18-16-24/h2,4-5,8-12,15-19,27,30H,3,6-7,13-14,20-21H2,1H3,(H,34,40)/t30-/m0/s1. The highest BCUT2D eigenvalue weighted by Gasteiger charge is 2.33. The van der Waals surface area contributed by atoms with Crippen LogP contribution in [0.2, 0.25) is 0 Å². The Hall–Kier alpha value is -4.17. The number of aromatic nitrogens is 5. The molecular weight excluding hydrogens is 503 g/mol. The number of hydrogen-bond acceptors (Lipinski definition) is 5. The first-order valence-corrected chi connectivity index (χ1v) is 14.0. The second kappa shape index (κ2) is 11.5. The number of tetrazole rings is 1. The molecule has 1 aliphatic rings. The normalized spacial score (nSPS) is 15.1. The molecule has 1 fully saturated rings. The number of para-hydroxylation sites is 1. The predicted molar refractivity (Wildman–Crippen MR) is 153 cm³/mol. The van der Waals surface area contributed by atoms with Crippen molar-refractivity contribution in [1.82, 2.24) is 30.1 Å². The first kappa shape index (κ1) is 26.1. The number of nitrogens with zero attached hydrogens (tertiary/aromatic N) is 5. The Morgan fingerprint density at radius 1 is 0.950 bits per heavy atom. The Balaban J connectivity index is 1.53. The summed E-state index contributed by atoms with van der Waals surface area (Å²) in [7, 11) is 0. The summed E-state index contributed by atoms with van der Waals surface area (Å²) >= 11 is 0. The summed E-state index contributed by atoms with van der Waals surface area (Å²) in [4.78, 5) is 19.2. The van der Waals surface area contributed by atoms with Gasteiger partial charge in [-0.05, 0) is 70.5 Å². The molecule has 204 valence electrons. The smallest absolute Gasteiger partial charge is 0.253 e. The maximum Gasteiger partial charge on any atom is 0.253 e. The summed E-state index contributed by atoms with van der Waals surface area (Å²) in [5, 5.41) is 14.1. The Labute approximate surface area is 232 Å². The van der Waals surface area contributed by atoms with Gasteiger partial charge in [-0.2, -0.15) is 0 Å². The van der Waals surface area contributed by atoms with E-state index in [4.69, 9.17) is 0 Å². The van der Waals surface area contributed by atoms with Crippen molar-refractivity contribution in [2.75, 3.05) is 0 Å². The molecule has 1 N–H and O–H groups in total. The molecule has 0 aliphatic heterocycles. The van der Waals surface area contributed by atoms with Crippen LogP contribution in [0.1, 0.15) is 72.3 Å². The average Bonchev–Trinajstić information content (AvgIpc) is 3.46. The zero-order valence-electron chi connectivity index (χ0n) is 22.6. The van der Waals surface area contributed by atoms with Gasteiger partial charge in [0.2, 0.25) is 0 Å². The average molecular weight is 537 g/mol. The predicted octanol–water partition coefficient (Wildman–Crippen LogP) is 6.26. The van der Waals surface area contributed by atoms with Gasteiger partial charge in [-0.25, -0.2) is 9.07 Å². The monoisotopic (exact) mass is 536 g/mol. The summed E-state index contributed by atoms with van der Waals surface area (Å²) in [6.07, 6.45) is 5.50. The molecule has 0 radical (unpaired) electrons. The fraction of sp³-hybridized carbons (Fsp3) is 0.312. The minimum absolute atomic E-state index is 0.165. The molecule has 0 bridgehead atoms. The van der Waals surface area contributed by atoms with Crippen LogP contribution in [-0.2, 0) is 13.1 Å². The van der Waals surface area contributed by atoms with Crippen LogP contribution in [-0.4, -0.2) is 30.1 Å². The van der Waals surface area contributed by atoms with Crippen LogP contribution in [0.5, 0.6) is 0 Å². The minimum atomic E-state index is -0.532. The van der Waals surface area contributed by atoms with E-state index in [0.29, 0.717) is 24.5 Å². The van der Waals surface area contributed by atoms with E-state index in [9.17, 15) is 9.18 Å². The van der Waals surface area contributed by atoms with E-state index in [-0.39, 0.29) is 17.4 Å². The SMILES string of the molecule is Cc1cccc2cc([C@@H](c3nnnn3C3CCCCC3)N(Cc3ccccc3)Cc3ccc(F)cc3)c(=O)[nH]c12. The molecule has 0 amide bonds. The number of benzene rings is 3. The lowest BCUT2D eigenvalue weighted by molar-refractivity contribution is 0.186. The molecule has 6 rings (SSSR count). The molecule has 1 atom stereocenters. The van der Waals surface area contributed by atoms with Crippen molar-refractivity contribution in [1.29, 1.82) is 0 Å². The van der Waals surface area contributed by atoms with Crippen LogP contribution >= 0.6 is 0 Å². The van der Waals surface area contributed by atoms with Gasteiger partial charge in [0.05, 0.1) is 11.6 Å². The first-order chi connectivity index (χ1) is 19.6. The summed E-state index contributed by atoms with van der Waals surface area (Å²) < 4.78 is 15.8. The maximum absolute atomic E-state index is 13.9. The number of aryl methyl sites for hydroxylation is 1. The molecular formula is C32H33FN6O. The van der Waals surface area contributed by atoms with Gasteiger partial charge in [0.1, 0.15) is 11.9 Å². The van der Waals surface area contributed by atoms with E-state index < -0.39 is 6.04 Å². The Morgan fingerprint density at radius 2 is 1.68 bits per heavy atom. The van der Waals surface area contributed by atoms with Crippen molar-refractivity contribution in [3.63, 3.8) is 0 Å². The number of H-pyrrole nitrogens is 1. The molecule has 2 aromatic heterocycles. The molecule has 40 heavy (non-hydrogen) atoms. The lowest BCUT2D eigenvalue weighted by Gasteiger charge is -2.33. The third-order valence-electron chi connectivity index (χ3n) is 7.99. The fourth-order valence-corrected chi connectivity index (χ4v) is 5.95. The number of pyridine rings is 1. The third-order valence-corrected chi connectivity index (χ3v) is 7.99. The maximum atomic E-state index is 13.9. The molecule has 1 saturated carbocycles. The second-order valence-electron chi connectivity index (χ2n) is 10.8. The van der Waals surface area contributed by atoms with Crippen LogP contribution in [0.25, 0.3) is 10.9 Å². The zero-order valence-corrected chi connectivity index (χ0v) is 22.6. The Kier molecular flexibility index (Phi) is 7.51. The van der Waals surface area contributed by atoms with Crippen molar-refractivity contribution in [2.45, 2.75) is 64.2 Å². The largest absolute Gasteiger partial charge is 0.321 e. The number of aromatic amines is 1. The van der Waals surface area contributed by atoms with Gasteiger partial charge in [0, 0.05) is 18.7 Å². The lowest BCUT2D eigenvalue weighted by Crippen LogP contribution is -2.35. The van der Waals surface area contributed by atoms with Crippen molar-refractivity contribution in [2.24, 2.45) is 0 Å². The molecule has 3 aromatic carbocycles. The molecule has 5 aromatic rings. The summed E-state index contributed by atoms with van der Waals surface area (Å²) in [6, 6.07) is 24.4. The molecule has 0 spiro atoms. The summed E-state index contributed by atoms with van der Waals surface area (Å²) in [5.41, 5.74) is 4.30. The highest BCUT2D eigenvalue weighted by atomic mass is 19.1. The van der Waals surface area contributed by atoms with Gasteiger partial charge in [0.15, 0.2) is 5.82 Å². The molecule has 8 heteroatoms. The number of hydrogen-bond donors (Lipinski definition) is 1. The van der Waals surface area contributed by atoms with Crippen molar-refractivity contribution < 1.29 is 4.39 Å². The van der Waals surface area contributed by atoms with E-state index in [1.165, 1.54) is 18.6 Å². The Morgan fingerprint density at radius 3 is 2.42 bits per heavy atom. The highest BCUT2D eigenvalue weighted by molar-refractivity contribution is 5.82. The van der Waals surface area contributed by atoms with Gasteiger partial charge >= 0.3 is 0 Å². The summed E-state index contributed by atoms with van der Waals surface area (Å²) in [5.74, 6) is 0.375. The van der Waals surface area contributed by atoms with Crippen LogP contribution in [0.3, 0.4) is 0 Å². The van der Waals surface area contributed by atoms with Crippen LogP contribution < -0.4 is 5.56 Å². The molecule has 1 aliphatic carbocycles.